The summed E-state index contributed by atoms with van der Waals surface area (Å²) in [5.74, 6) is 1.68. The number of hydrogen-bond acceptors (Lipinski definition) is 3. The molecule has 0 saturated carbocycles. The number of hydrogen-bond donors (Lipinski definition) is 1. The number of amides is 2. The van der Waals surface area contributed by atoms with Crippen molar-refractivity contribution in [3.63, 3.8) is 0 Å². The molecule has 1 aliphatic rings. The zero-order valence-corrected chi connectivity index (χ0v) is 12.5. The minimum absolute atomic E-state index is 0.0312. The Bertz CT molecular complexity index is 309. The van der Waals surface area contributed by atoms with Gasteiger partial charge in [0.15, 0.2) is 0 Å². The first kappa shape index (κ1) is 15.3. The van der Waals surface area contributed by atoms with Gasteiger partial charge in [-0.15, -0.1) is 0 Å². The fourth-order valence-corrected chi connectivity index (χ4v) is 2.89. The molecule has 1 fully saturated rings. The van der Waals surface area contributed by atoms with E-state index in [0.29, 0.717) is 12.5 Å². The van der Waals surface area contributed by atoms with Crippen LogP contribution in [-0.2, 0) is 9.59 Å². The highest BCUT2D eigenvalue weighted by Gasteiger charge is 2.35. The molecule has 0 aromatic heterocycles. The van der Waals surface area contributed by atoms with E-state index in [-0.39, 0.29) is 30.3 Å². The van der Waals surface area contributed by atoms with E-state index >= 15 is 0 Å². The molecular formula is C13H24N2O2S. The molecule has 18 heavy (non-hydrogen) atoms. The molecule has 3 unspecified atom stereocenters. The first-order valence-electron chi connectivity index (χ1n) is 6.56. The quantitative estimate of drug-likeness (QED) is 0.794. The average Bonchev–Trinajstić information content (AvgIpc) is 2.32. The Labute approximate surface area is 114 Å². The lowest BCUT2D eigenvalue weighted by molar-refractivity contribution is -0.146. The molecule has 0 radical (unpaired) electrons. The number of nitrogens with zero attached hydrogens (tertiary/aromatic N) is 1. The molecule has 2 amide bonds. The van der Waals surface area contributed by atoms with E-state index in [1.165, 1.54) is 0 Å². The molecule has 0 spiro atoms. The van der Waals surface area contributed by atoms with E-state index in [9.17, 15) is 9.59 Å². The summed E-state index contributed by atoms with van der Waals surface area (Å²) in [5.41, 5.74) is 0. The van der Waals surface area contributed by atoms with Gasteiger partial charge in [-0.2, -0.15) is 11.8 Å². The lowest BCUT2D eigenvalue weighted by Gasteiger charge is -2.36. The highest BCUT2D eigenvalue weighted by Crippen LogP contribution is 2.16. The molecule has 1 rings (SSSR count). The van der Waals surface area contributed by atoms with Crippen LogP contribution in [0.1, 0.15) is 27.2 Å². The number of nitrogens with one attached hydrogen (secondary N) is 1. The van der Waals surface area contributed by atoms with E-state index in [2.05, 4.69) is 18.5 Å². The Hall–Kier alpha value is -0.710. The van der Waals surface area contributed by atoms with Crippen LogP contribution in [0.3, 0.4) is 0 Å². The fraction of sp³-hybridized carbons (Fsp3) is 0.846. The minimum Gasteiger partial charge on any atom is -0.342 e. The van der Waals surface area contributed by atoms with Gasteiger partial charge in [-0.3, -0.25) is 9.59 Å². The van der Waals surface area contributed by atoms with Crippen LogP contribution in [0.25, 0.3) is 0 Å². The van der Waals surface area contributed by atoms with Gasteiger partial charge in [-0.25, -0.2) is 0 Å². The summed E-state index contributed by atoms with van der Waals surface area (Å²) in [7, 11) is 0. The van der Waals surface area contributed by atoms with Crippen molar-refractivity contribution in [2.24, 2.45) is 11.8 Å². The van der Waals surface area contributed by atoms with Crippen LogP contribution >= 0.6 is 11.8 Å². The summed E-state index contributed by atoms with van der Waals surface area (Å²) < 4.78 is 0. The average molecular weight is 272 g/mol. The fourth-order valence-electron chi connectivity index (χ4n) is 2.22. The van der Waals surface area contributed by atoms with Crippen molar-refractivity contribution in [3.05, 3.63) is 0 Å². The molecular weight excluding hydrogens is 248 g/mol. The van der Waals surface area contributed by atoms with Crippen molar-refractivity contribution in [2.75, 3.05) is 25.1 Å². The van der Waals surface area contributed by atoms with Crippen molar-refractivity contribution < 1.29 is 9.59 Å². The van der Waals surface area contributed by atoms with Crippen molar-refractivity contribution >= 4 is 23.6 Å². The standard InChI is InChI=1S/C13H24N2O2S/c1-5-10(3)12-13(17)15(7-11(16)14-12)6-9(2)8-18-4/h9-10,12H,5-8H2,1-4H3,(H,14,16). The van der Waals surface area contributed by atoms with E-state index in [1.807, 2.05) is 13.8 Å². The Morgan fingerprint density at radius 3 is 2.67 bits per heavy atom. The van der Waals surface area contributed by atoms with E-state index in [0.717, 1.165) is 12.2 Å². The monoisotopic (exact) mass is 272 g/mol. The second kappa shape index (κ2) is 7.02. The molecule has 3 atom stereocenters. The molecule has 0 bridgehead atoms. The molecule has 0 aliphatic carbocycles. The summed E-state index contributed by atoms with van der Waals surface area (Å²) in [5, 5.41) is 2.82. The van der Waals surface area contributed by atoms with Gasteiger partial charge < -0.3 is 10.2 Å². The number of thioether (sulfide) groups is 1. The van der Waals surface area contributed by atoms with Gasteiger partial charge in [0, 0.05) is 6.54 Å². The maximum atomic E-state index is 12.3. The first-order valence-corrected chi connectivity index (χ1v) is 7.96. The molecule has 1 saturated heterocycles. The Kier molecular flexibility index (Phi) is 5.99. The smallest absolute Gasteiger partial charge is 0.245 e. The lowest BCUT2D eigenvalue weighted by atomic mass is 9.96. The summed E-state index contributed by atoms with van der Waals surface area (Å²) in [6.45, 7) is 7.07. The van der Waals surface area contributed by atoms with Crippen LogP contribution in [0.15, 0.2) is 0 Å². The lowest BCUT2D eigenvalue weighted by Crippen LogP contribution is -2.60. The third-order valence-electron chi connectivity index (χ3n) is 3.42. The van der Waals surface area contributed by atoms with Crippen molar-refractivity contribution in [3.8, 4) is 0 Å². The van der Waals surface area contributed by atoms with Gasteiger partial charge in [0.25, 0.3) is 0 Å². The summed E-state index contributed by atoms with van der Waals surface area (Å²) >= 11 is 1.77. The Balaban J connectivity index is 2.67. The van der Waals surface area contributed by atoms with Crippen LogP contribution in [-0.4, -0.2) is 47.9 Å². The van der Waals surface area contributed by atoms with Crippen LogP contribution in [0.2, 0.25) is 0 Å². The van der Waals surface area contributed by atoms with Crippen molar-refractivity contribution in [1.29, 1.82) is 0 Å². The first-order chi connectivity index (χ1) is 8.49. The summed E-state index contributed by atoms with van der Waals surface area (Å²) in [6, 6.07) is -0.335. The minimum atomic E-state index is -0.335. The van der Waals surface area contributed by atoms with Gasteiger partial charge in [-0.1, -0.05) is 27.2 Å². The van der Waals surface area contributed by atoms with E-state index in [1.54, 1.807) is 16.7 Å². The molecule has 0 aromatic carbocycles. The maximum Gasteiger partial charge on any atom is 0.245 e. The van der Waals surface area contributed by atoms with Gasteiger partial charge >= 0.3 is 0 Å². The number of piperazine rings is 1. The second-order valence-electron chi connectivity index (χ2n) is 5.21. The number of rotatable bonds is 6. The van der Waals surface area contributed by atoms with Crippen LogP contribution in [0, 0.1) is 11.8 Å². The molecule has 0 aromatic rings. The highest BCUT2D eigenvalue weighted by atomic mass is 32.2. The van der Waals surface area contributed by atoms with Crippen LogP contribution in [0.4, 0.5) is 0 Å². The van der Waals surface area contributed by atoms with Crippen molar-refractivity contribution in [2.45, 2.75) is 33.2 Å². The van der Waals surface area contributed by atoms with Crippen LogP contribution in [0.5, 0.6) is 0 Å². The summed E-state index contributed by atoms with van der Waals surface area (Å²) in [6.07, 6.45) is 2.95. The predicted octanol–water partition coefficient (Wildman–Crippen LogP) is 1.36. The molecule has 1 aliphatic heterocycles. The number of carbonyl (C=O) groups is 2. The predicted molar refractivity (Wildman–Crippen MR) is 75.5 cm³/mol. The van der Waals surface area contributed by atoms with Gasteiger partial charge in [0.05, 0.1) is 6.54 Å². The Morgan fingerprint density at radius 1 is 1.44 bits per heavy atom. The zero-order valence-electron chi connectivity index (χ0n) is 11.7. The molecule has 1 N–H and O–H groups in total. The topological polar surface area (TPSA) is 49.4 Å². The molecule has 4 nitrogen and oxygen atoms in total. The van der Waals surface area contributed by atoms with E-state index in [4.69, 9.17) is 0 Å². The van der Waals surface area contributed by atoms with Gasteiger partial charge in [0.1, 0.15) is 6.04 Å². The largest absolute Gasteiger partial charge is 0.342 e. The zero-order chi connectivity index (χ0) is 13.7. The summed E-state index contributed by atoms with van der Waals surface area (Å²) in [4.78, 5) is 25.7. The SMILES string of the molecule is CCC(C)C1NC(=O)CN(CC(C)CSC)C1=O. The molecule has 5 heteroatoms. The highest BCUT2D eigenvalue weighted by molar-refractivity contribution is 7.98. The third kappa shape index (κ3) is 3.90. The maximum absolute atomic E-state index is 12.3. The van der Waals surface area contributed by atoms with E-state index < -0.39 is 0 Å². The van der Waals surface area contributed by atoms with Gasteiger partial charge in [0.2, 0.25) is 11.8 Å². The normalized spacial score (nSPS) is 23.8. The van der Waals surface area contributed by atoms with Crippen molar-refractivity contribution in [1.82, 2.24) is 10.2 Å². The third-order valence-corrected chi connectivity index (χ3v) is 4.33. The molecule has 1 heterocycles. The van der Waals surface area contributed by atoms with Gasteiger partial charge in [-0.05, 0) is 23.8 Å². The Morgan fingerprint density at radius 2 is 2.11 bits per heavy atom. The van der Waals surface area contributed by atoms with Crippen LogP contribution < -0.4 is 5.32 Å². The number of carbonyl (C=O) groups excluding carboxylic acids is 2. The second-order valence-corrected chi connectivity index (χ2v) is 6.12. The molecule has 104 valence electrons.